The second-order valence-electron chi connectivity index (χ2n) is 9.94. The van der Waals surface area contributed by atoms with Gasteiger partial charge in [-0.25, -0.2) is 23.4 Å². The van der Waals surface area contributed by atoms with Crippen LogP contribution < -0.4 is 10.2 Å². The van der Waals surface area contributed by atoms with Crippen LogP contribution in [0.25, 0.3) is 22.2 Å². The fourth-order valence-corrected chi connectivity index (χ4v) is 5.87. The van der Waals surface area contributed by atoms with E-state index in [1.165, 1.54) is 11.8 Å². The molecule has 0 spiro atoms. The van der Waals surface area contributed by atoms with Crippen LogP contribution in [0.4, 0.5) is 17.3 Å². The molecule has 0 atom stereocenters. The van der Waals surface area contributed by atoms with Crippen LogP contribution in [0, 0.1) is 5.92 Å². The van der Waals surface area contributed by atoms with Crippen molar-refractivity contribution in [1.82, 2.24) is 24.7 Å². The number of rotatable bonds is 9. The van der Waals surface area contributed by atoms with E-state index >= 15 is 0 Å². The van der Waals surface area contributed by atoms with Crippen LogP contribution in [0.5, 0.6) is 0 Å². The van der Waals surface area contributed by atoms with Gasteiger partial charge in [0.05, 0.1) is 24.1 Å². The van der Waals surface area contributed by atoms with Crippen molar-refractivity contribution in [2.75, 3.05) is 35.3 Å². The summed E-state index contributed by atoms with van der Waals surface area (Å²) in [6, 6.07) is 8.17. The molecule has 192 valence electrons. The van der Waals surface area contributed by atoms with Crippen LogP contribution in [0.3, 0.4) is 0 Å². The molecule has 1 aliphatic heterocycles. The van der Waals surface area contributed by atoms with E-state index in [-0.39, 0.29) is 11.7 Å². The summed E-state index contributed by atoms with van der Waals surface area (Å²) in [5.41, 5.74) is 3.15. The van der Waals surface area contributed by atoms with Gasteiger partial charge in [-0.3, -0.25) is 4.68 Å². The summed E-state index contributed by atoms with van der Waals surface area (Å²) in [4.78, 5) is 16.0. The smallest absolute Gasteiger partial charge is 0.164 e. The van der Waals surface area contributed by atoms with E-state index in [2.05, 4.69) is 63.9 Å². The lowest BCUT2D eigenvalue weighted by Crippen LogP contribution is -2.49. The highest BCUT2D eigenvalue weighted by Gasteiger charge is 2.31. The molecule has 1 aromatic carbocycles. The summed E-state index contributed by atoms with van der Waals surface area (Å²) in [5.74, 6) is 2.64. The number of benzene rings is 1. The van der Waals surface area contributed by atoms with Gasteiger partial charge in [-0.05, 0) is 35.1 Å². The van der Waals surface area contributed by atoms with Gasteiger partial charge in [0.1, 0.15) is 21.5 Å². The lowest BCUT2D eigenvalue weighted by molar-refractivity contribution is 0.445. The number of hydrogen-bond acceptors (Lipinski definition) is 8. The second-order valence-corrected chi connectivity index (χ2v) is 12.1. The number of anilines is 3. The molecular weight excluding hydrogens is 486 g/mol. The minimum Gasteiger partial charge on any atom is -0.370 e. The van der Waals surface area contributed by atoms with E-state index in [1.807, 2.05) is 18.5 Å². The van der Waals surface area contributed by atoms with E-state index < -0.39 is 9.84 Å². The van der Waals surface area contributed by atoms with E-state index in [1.54, 1.807) is 23.2 Å². The molecule has 4 heterocycles. The molecule has 0 aliphatic carbocycles. The van der Waals surface area contributed by atoms with E-state index in [0.717, 1.165) is 35.1 Å². The third-order valence-corrected chi connectivity index (χ3v) is 7.57. The Labute approximate surface area is 217 Å². The largest absolute Gasteiger partial charge is 0.370 e. The highest BCUT2D eigenvalue weighted by molar-refractivity contribution is 7.90. The van der Waals surface area contributed by atoms with Crippen molar-refractivity contribution in [3.05, 3.63) is 67.3 Å². The Morgan fingerprint density at radius 2 is 1.95 bits per heavy atom. The van der Waals surface area contributed by atoms with Gasteiger partial charge in [0.15, 0.2) is 5.82 Å². The van der Waals surface area contributed by atoms with Crippen LogP contribution in [0.2, 0.25) is 0 Å². The maximum Gasteiger partial charge on any atom is 0.164 e. The lowest BCUT2D eigenvalue weighted by atomic mass is 9.93. The van der Waals surface area contributed by atoms with Crippen molar-refractivity contribution in [3.63, 3.8) is 0 Å². The molecule has 5 rings (SSSR count). The Morgan fingerprint density at radius 1 is 1.14 bits per heavy atom. The summed E-state index contributed by atoms with van der Waals surface area (Å²) < 4.78 is 25.1. The topological polar surface area (TPSA) is 106 Å². The monoisotopic (exact) mass is 517 g/mol. The second kappa shape index (κ2) is 9.93. The van der Waals surface area contributed by atoms with Crippen molar-refractivity contribution < 1.29 is 8.42 Å². The quantitative estimate of drug-likeness (QED) is 0.325. The van der Waals surface area contributed by atoms with Crippen molar-refractivity contribution in [1.29, 1.82) is 0 Å². The van der Waals surface area contributed by atoms with Crippen molar-refractivity contribution in [2.24, 2.45) is 5.92 Å². The van der Waals surface area contributed by atoms with Crippen LogP contribution in [0.1, 0.15) is 25.3 Å². The normalized spacial score (nSPS) is 14.2. The van der Waals surface area contributed by atoms with E-state index in [0.29, 0.717) is 29.9 Å². The Hall–Kier alpha value is -3.79. The minimum atomic E-state index is -2.97. The number of aromatic nitrogens is 5. The number of sulfone groups is 1. The van der Waals surface area contributed by atoms with Gasteiger partial charge >= 0.3 is 0 Å². The van der Waals surface area contributed by atoms with Crippen LogP contribution >= 0.6 is 0 Å². The van der Waals surface area contributed by atoms with Gasteiger partial charge < -0.3 is 10.2 Å². The Kier molecular flexibility index (Phi) is 6.68. The summed E-state index contributed by atoms with van der Waals surface area (Å²) in [5, 5.41) is 9.82. The SMILES string of the molecule is C=CCn1cc(-c2nccc(Nc3cc4c(C(C)C)ccc(N5CC(CS(C)(=O)=O)C5)c4cn3)n2)cn1. The van der Waals surface area contributed by atoms with Gasteiger partial charge in [0, 0.05) is 54.9 Å². The molecule has 1 N–H and O–H groups in total. The van der Waals surface area contributed by atoms with Crippen molar-refractivity contribution in [3.8, 4) is 11.4 Å². The lowest BCUT2D eigenvalue weighted by Gasteiger charge is -2.41. The van der Waals surface area contributed by atoms with Crippen LogP contribution in [0.15, 0.2) is 61.7 Å². The van der Waals surface area contributed by atoms with Crippen molar-refractivity contribution in [2.45, 2.75) is 26.3 Å². The zero-order valence-corrected chi connectivity index (χ0v) is 22.1. The molecule has 4 aromatic rings. The van der Waals surface area contributed by atoms with Crippen LogP contribution in [-0.2, 0) is 16.4 Å². The minimum absolute atomic E-state index is 0.166. The van der Waals surface area contributed by atoms with Gasteiger partial charge in [-0.1, -0.05) is 26.0 Å². The third kappa shape index (κ3) is 5.48. The summed E-state index contributed by atoms with van der Waals surface area (Å²) in [6.45, 7) is 10.2. The standard InChI is InChI=1S/C27H31N7O2S/c1-5-10-34-16-20(12-30-34)27-28-9-8-25(32-27)31-26-11-22-21(18(2)3)6-7-24(23(22)13-29-26)33-14-19(15-33)17-37(4,35)36/h5-9,11-13,16,18-19H,1,10,14-15,17H2,2-4H3,(H,28,29,31,32). The first-order valence-electron chi connectivity index (χ1n) is 12.3. The predicted octanol–water partition coefficient (Wildman–Crippen LogP) is 4.42. The molecule has 37 heavy (non-hydrogen) atoms. The first-order chi connectivity index (χ1) is 17.7. The molecule has 9 nitrogen and oxygen atoms in total. The number of allylic oxidation sites excluding steroid dienone is 1. The fraction of sp³-hybridized carbons (Fsp3) is 0.333. The first-order valence-corrected chi connectivity index (χ1v) is 14.4. The first kappa shape index (κ1) is 24.9. The zero-order chi connectivity index (χ0) is 26.2. The summed E-state index contributed by atoms with van der Waals surface area (Å²) in [6.07, 6.45) is 10.3. The molecule has 1 fully saturated rings. The fourth-order valence-electron chi connectivity index (χ4n) is 4.80. The van der Waals surface area contributed by atoms with Gasteiger partial charge in [-0.15, -0.1) is 6.58 Å². The molecule has 0 saturated carbocycles. The Bertz CT molecular complexity index is 1560. The number of nitrogens with zero attached hydrogens (tertiary/aromatic N) is 6. The molecule has 3 aromatic heterocycles. The molecule has 0 amide bonds. The number of fused-ring (bicyclic) bond motifs is 1. The van der Waals surface area contributed by atoms with E-state index in [9.17, 15) is 8.42 Å². The summed E-state index contributed by atoms with van der Waals surface area (Å²) in [7, 11) is -2.97. The Morgan fingerprint density at radius 3 is 2.68 bits per heavy atom. The highest BCUT2D eigenvalue weighted by atomic mass is 32.2. The number of pyridine rings is 1. The van der Waals surface area contributed by atoms with Gasteiger partial charge in [0.2, 0.25) is 0 Å². The van der Waals surface area contributed by atoms with Gasteiger partial charge in [0.25, 0.3) is 0 Å². The average Bonchev–Trinajstić information content (AvgIpc) is 3.29. The highest BCUT2D eigenvalue weighted by Crippen LogP contribution is 2.37. The molecule has 1 aliphatic rings. The van der Waals surface area contributed by atoms with E-state index in [4.69, 9.17) is 4.98 Å². The number of nitrogens with one attached hydrogen (secondary N) is 1. The molecule has 0 bridgehead atoms. The van der Waals surface area contributed by atoms with Gasteiger partial charge in [-0.2, -0.15) is 5.10 Å². The molecular formula is C27H31N7O2S. The molecule has 1 saturated heterocycles. The zero-order valence-electron chi connectivity index (χ0n) is 21.3. The van der Waals surface area contributed by atoms with Crippen LogP contribution in [-0.4, -0.2) is 58.2 Å². The summed E-state index contributed by atoms with van der Waals surface area (Å²) >= 11 is 0. The maximum absolute atomic E-state index is 11.7. The maximum atomic E-state index is 11.7. The number of hydrogen-bond donors (Lipinski definition) is 1. The molecule has 0 unspecified atom stereocenters. The predicted molar refractivity (Wildman–Crippen MR) is 148 cm³/mol. The molecule has 0 radical (unpaired) electrons. The average molecular weight is 518 g/mol. The Balaban J connectivity index is 1.42. The molecule has 10 heteroatoms. The third-order valence-electron chi connectivity index (χ3n) is 6.49. The van der Waals surface area contributed by atoms with Crippen molar-refractivity contribution >= 4 is 37.9 Å².